The molecule has 4 aromatic carbocycles. The summed E-state index contributed by atoms with van der Waals surface area (Å²) in [5.74, 6) is -0.308. The monoisotopic (exact) mass is 598 g/mol. The van der Waals surface area contributed by atoms with Crippen LogP contribution in [0.5, 0.6) is 5.75 Å². The SMILES string of the molecule is CCc1ccc(N(CC(=O)N/N=C\c2ccc(OCC(=O)NCCc3ccccc3)cc2)S(=O)(=O)c2ccccc2)cc1. The Balaban J connectivity index is 1.29. The van der Waals surface area contributed by atoms with Crippen molar-refractivity contribution in [3.63, 3.8) is 0 Å². The second-order valence-electron chi connectivity index (χ2n) is 9.58. The summed E-state index contributed by atoms with van der Waals surface area (Å²) in [6.45, 7) is 1.96. The number of hydrogen-bond acceptors (Lipinski definition) is 6. The molecule has 4 aromatic rings. The van der Waals surface area contributed by atoms with Gasteiger partial charge in [-0.15, -0.1) is 0 Å². The molecule has 0 unspecified atom stereocenters. The number of ether oxygens (including phenoxy) is 1. The fourth-order valence-electron chi connectivity index (χ4n) is 4.12. The van der Waals surface area contributed by atoms with Crippen molar-refractivity contribution in [1.29, 1.82) is 0 Å². The summed E-state index contributed by atoms with van der Waals surface area (Å²) in [4.78, 5) is 24.9. The Kier molecular flexibility index (Phi) is 11.0. The van der Waals surface area contributed by atoms with Gasteiger partial charge < -0.3 is 10.1 Å². The van der Waals surface area contributed by atoms with E-state index in [4.69, 9.17) is 4.74 Å². The predicted molar refractivity (Wildman–Crippen MR) is 168 cm³/mol. The average Bonchev–Trinajstić information content (AvgIpc) is 3.04. The zero-order valence-electron chi connectivity index (χ0n) is 23.8. The zero-order chi connectivity index (χ0) is 30.5. The lowest BCUT2D eigenvalue weighted by atomic mass is 10.1. The summed E-state index contributed by atoms with van der Waals surface area (Å²) in [6, 6.07) is 31.7. The van der Waals surface area contributed by atoms with Crippen molar-refractivity contribution in [2.45, 2.75) is 24.7 Å². The Labute approximate surface area is 252 Å². The molecular weight excluding hydrogens is 564 g/mol. The normalized spacial score (nSPS) is 11.2. The van der Waals surface area contributed by atoms with Crippen LogP contribution in [-0.4, -0.2) is 46.1 Å². The highest BCUT2D eigenvalue weighted by Crippen LogP contribution is 2.24. The highest BCUT2D eigenvalue weighted by Gasteiger charge is 2.27. The molecule has 10 heteroatoms. The molecule has 0 aromatic heterocycles. The lowest BCUT2D eigenvalue weighted by Gasteiger charge is -2.24. The Morgan fingerprint density at radius 3 is 2.12 bits per heavy atom. The third-order valence-electron chi connectivity index (χ3n) is 6.48. The molecule has 43 heavy (non-hydrogen) atoms. The number of anilines is 1. The van der Waals surface area contributed by atoms with Crippen molar-refractivity contribution < 1.29 is 22.7 Å². The number of benzene rings is 4. The molecule has 0 aliphatic rings. The van der Waals surface area contributed by atoms with Gasteiger partial charge in [0.05, 0.1) is 16.8 Å². The maximum absolute atomic E-state index is 13.4. The van der Waals surface area contributed by atoms with Crippen LogP contribution in [0.15, 0.2) is 119 Å². The number of nitrogens with zero attached hydrogens (tertiary/aromatic N) is 2. The van der Waals surface area contributed by atoms with Gasteiger partial charge in [-0.2, -0.15) is 5.10 Å². The van der Waals surface area contributed by atoms with E-state index < -0.39 is 22.5 Å². The molecule has 0 spiro atoms. The van der Waals surface area contributed by atoms with E-state index in [1.807, 2.05) is 49.4 Å². The van der Waals surface area contributed by atoms with Crippen LogP contribution in [0.4, 0.5) is 5.69 Å². The number of sulfonamides is 1. The van der Waals surface area contributed by atoms with E-state index in [1.165, 1.54) is 18.3 Å². The number of amides is 2. The summed E-state index contributed by atoms with van der Waals surface area (Å²) < 4.78 is 33.5. The smallest absolute Gasteiger partial charge is 0.264 e. The number of hydrogen-bond donors (Lipinski definition) is 2. The first-order valence-electron chi connectivity index (χ1n) is 13.9. The number of hydrazone groups is 1. The molecule has 9 nitrogen and oxygen atoms in total. The minimum Gasteiger partial charge on any atom is -0.484 e. The van der Waals surface area contributed by atoms with Crippen molar-refractivity contribution in [2.75, 3.05) is 24.0 Å². The Hall–Kier alpha value is -4.96. The minimum absolute atomic E-state index is 0.0813. The van der Waals surface area contributed by atoms with Crippen LogP contribution in [0.2, 0.25) is 0 Å². The van der Waals surface area contributed by atoms with E-state index >= 15 is 0 Å². The number of rotatable bonds is 14. The highest BCUT2D eigenvalue weighted by molar-refractivity contribution is 7.92. The van der Waals surface area contributed by atoms with E-state index in [2.05, 4.69) is 15.8 Å². The molecule has 0 aliphatic carbocycles. The third-order valence-corrected chi connectivity index (χ3v) is 8.27. The van der Waals surface area contributed by atoms with Crippen LogP contribution >= 0.6 is 0 Å². The molecular formula is C33H34N4O5S. The largest absolute Gasteiger partial charge is 0.484 e. The molecule has 4 rings (SSSR count). The molecule has 0 atom stereocenters. The van der Waals surface area contributed by atoms with Crippen LogP contribution in [0, 0.1) is 0 Å². The fourth-order valence-corrected chi connectivity index (χ4v) is 5.56. The maximum Gasteiger partial charge on any atom is 0.264 e. The highest BCUT2D eigenvalue weighted by atomic mass is 32.2. The van der Waals surface area contributed by atoms with Crippen LogP contribution in [0.25, 0.3) is 0 Å². The summed E-state index contributed by atoms with van der Waals surface area (Å²) in [6.07, 6.45) is 2.98. The van der Waals surface area contributed by atoms with Crippen molar-refractivity contribution in [3.05, 3.63) is 126 Å². The van der Waals surface area contributed by atoms with Gasteiger partial charge in [0.1, 0.15) is 12.3 Å². The maximum atomic E-state index is 13.4. The van der Waals surface area contributed by atoms with E-state index in [9.17, 15) is 18.0 Å². The van der Waals surface area contributed by atoms with Gasteiger partial charge in [-0.25, -0.2) is 13.8 Å². The van der Waals surface area contributed by atoms with Crippen LogP contribution < -0.4 is 19.8 Å². The molecule has 0 fully saturated rings. The Bertz CT molecular complexity index is 1610. The van der Waals surface area contributed by atoms with E-state index in [-0.39, 0.29) is 17.4 Å². The summed E-state index contributed by atoms with van der Waals surface area (Å²) in [5, 5.41) is 6.81. The van der Waals surface area contributed by atoms with E-state index in [0.717, 1.165) is 28.3 Å². The molecule has 0 radical (unpaired) electrons. The lowest BCUT2D eigenvalue weighted by molar-refractivity contribution is -0.123. The average molecular weight is 599 g/mol. The van der Waals surface area contributed by atoms with E-state index in [1.54, 1.807) is 54.6 Å². The Morgan fingerprint density at radius 1 is 0.814 bits per heavy atom. The van der Waals surface area contributed by atoms with Crippen LogP contribution in [-0.2, 0) is 32.5 Å². The first-order chi connectivity index (χ1) is 20.8. The molecule has 2 amide bonds. The van der Waals surface area contributed by atoms with Crippen LogP contribution in [0.1, 0.15) is 23.6 Å². The van der Waals surface area contributed by atoms with Gasteiger partial charge in [0.25, 0.3) is 21.8 Å². The number of carbonyl (C=O) groups excluding carboxylic acids is 2. The predicted octanol–water partition coefficient (Wildman–Crippen LogP) is 4.33. The van der Waals surface area contributed by atoms with Gasteiger partial charge >= 0.3 is 0 Å². The number of carbonyl (C=O) groups is 2. The topological polar surface area (TPSA) is 117 Å². The van der Waals surface area contributed by atoms with Crippen molar-refractivity contribution >= 4 is 33.7 Å². The van der Waals surface area contributed by atoms with Gasteiger partial charge in [-0.05, 0) is 78.1 Å². The van der Waals surface area contributed by atoms with Crippen molar-refractivity contribution in [3.8, 4) is 5.75 Å². The molecule has 0 saturated heterocycles. The number of aryl methyl sites for hydroxylation is 1. The minimum atomic E-state index is -4.00. The summed E-state index contributed by atoms with van der Waals surface area (Å²) >= 11 is 0. The van der Waals surface area contributed by atoms with Gasteiger partial charge in [-0.3, -0.25) is 13.9 Å². The zero-order valence-corrected chi connectivity index (χ0v) is 24.7. The van der Waals surface area contributed by atoms with Gasteiger partial charge in [0.2, 0.25) is 0 Å². The standard InChI is InChI=1S/C33H34N4O5S/c1-2-26-13-17-29(18-14-26)37(43(40,41)31-11-7-4-8-12-31)24-32(38)36-35-23-28-15-19-30(20-16-28)42-25-33(39)34-22-21-27-9-5-3-6-10-27/h3-20,23H,2,21-22,24-25H2,1H3,(H,34,39)(H,36,38)/b35-23-. The van der Waals surface area contributed by atoms with E-state index in [0.29, 0.717) is 23.5 Å². The second-order valence-corrected chi connectivity index (χ2v) is 11.4. The third kappa shape index (κ3) is 9.27. The first-order valence-corrected chi connectivity index (χ1v) is 15.3. The molecule has 0 bridgehead atoms. The Morgan fingerprint density at radius 2 is 1.47 bits per heavy atom. The summed E-state index contributed by atoms with van der Waals surface area (Å²) in [5.41, 5.74) is 5.65. The molecule has 0 saturated carbocycles. The second kappa shape index (κ2) is 15.3. The fraction of sp³-hybridized carbons (Fsp3) is 0.182. The van der Waals surface area contributed by atoms with Gasteiger partial charge in [0.15, 0.2) is 6.61 Å². The molecule has 2 N–H and O–H groups in total. The van der Waals surface area contributed by atoms with Gasteiger partial charge in [-0.1, -0.05) is 67.6 Å². The lowest BCUT2D eigenvalue weighted by Crippen LogP contribution is -2.39. The quantitative estimate of drug-likeness (QED) is 0.166. The van der Waals surface area contributed by atoms with Gasteiger partial charge in [0, 0.05) is 6.54 Å². The summed E-state index contributed by atoms with van der Waals surface area (Å²) in [7, 11) is -4.00. The molecule has 222 valence electrons. The number of nitrogens with one attached hydrogen (secondary N) is 2. The molecule has 0 aliphatic heterocycles. The van der Waals surface area contributed by atoms with Crippen molar-refractivity contribution in [2.24, 2.45) is 5.10 Å². The molecule has 0 heterocycles. The first kappa shape index (κ1) is 31.0. The van der Waals surface area contributed by atoms with Crippen LogP contribution in [0.3, 0.4) is 0 Å². The van der Waals surface area contributed by atoms with Crippen molar-refractivity contribution in [1.82, 2.24) is 10.7 Å².